The fraction of sp³-hybridized carbons (Fsp3) is 0.200. The monoisotopic (exact) mass is 224 g/mol. The minimum atomic E-state index is -0.530. The van der Waals surface area contributed by atoms with Crippen LogP contribution in [0.2, 0.25) is 5.02 Å². The van der Waals surface area contributed by atoms with Crippen LogP contribution in [0.4, 0.5) is 5.69 Å². The summed E-state index contributed by atoms with van der Waals surface area (Å²) in [7, 11) is 0. The van der Waals surface area contributed by atoms with E-state index in [1.807, 2.05) is 0 Å². The van der Waals surface area contributed by atoms with Gasteiger partial charge in [0.1, 0.15) is 0 Å². The molecule has 15 heavy (non-hydrogen) atoms. The maximum absolute atomic E-state index is 11.5. The quantitative estimate of drug-likeness (QED) is 0.757. The van der Waals surface area contributed by atoms with Crippen LogP contribution in [0.15, 0.2) is 18.2 Å². The molecule has 1 aromatic rings. The highest BCUT2D eigenvalue weighted by atomic mass is 35.5. The number of anilines is 1. The predicted molar refractivity (Wildman–Crippen MR) is 57.2 cm³/mol. The molecule has 1 heterocycles. The second-order valence-corrected chi connectivity index (χ2v) is 3.67. The number of benzene rings is 1. The maximum Gasteiger partial charge on any atom is 0.299 e. The second-order valence-electron chi connectivity index (χ2n) is 3.24. The molecule has 0 radical (unpaired) electrons. The van der Waals surface area contributed by atoms with Gasteiger partial charge in [-0.2, -0.15) is 0 Å². The number of hydrogen-bond donors (Lipinski definition) is 1. The lowest BCUT2D eigenvalue weighted by atomic mass is 10.1. The number of fused-ring (bicyclic) bond motifs is 1. The first-order valence-electron chi connectivity index (χ1n) is 4.51. The van der Waals surface area contributed by atoms with Gasteiger partial charge in [-0.05, 0) is 18.2 Å². The Labute approximate surface area is 91.6 Å². The summed E-state index contributed by atoms with van der Waals surface area (Å²) in [5, 5.41) is 0.498. The summed E-state index contributed by atoms with van der Waals surface area (Å²) in [6.45, 7) is 0.642. The van der Waals surface area contributed by atoms with E-state index in [0.29, 0.717) is 29.4 Å². The third kappa shape index (κ3) is 1.52. The Morgan fingerprint density at radius 2 is 2.07 bits per heavy atom. The molecule has 1 aliphatic heterocycles. The molecule has 5 heteroatoms. The molecule has 2 N–H and O–H groups in total. The average Bonchev–Trinajstić information content (AvgIpc) is 2.44. The van der Waals surface area contributed by atoms with Crippen LogP contribution in [0.5, 0.6) is 0 Å². The molecule has 78 valence electrons. The Bertz CT molecular complexity index is 445. The van der Waals surface area contributed by atoms with Crippen LogP contribution >= 0.6 is 11.6 Å². The van der Waals surface area contributed by atoms with E-state index in [4.69, 9.17) is 17.3 Å². The Kier molecular flexibility index (Phi) is 2.46. The molecule has 1 aromatic carbocycles. The SMILES string of the molecule is NCCN1C(=O)C(=O)c2ccc(Cl)cc21. The number of amides is 1. The van der Waals surface area contributed by atoms with Crippen LogP contribution < -0.4 is 10.6 Å². The normalized spacial score (nSPS) is 14.7. The van der Waals surface area contributed by atoms with Gasteiger partial charge < -0.3 is 10.6 Å². The molecule has 1 aliphatic rings. The second kappa shape index (κ2) is 3.64. The van der Waals surface area contributed by atoms with Crippen LogP contribution in [0, 0.1) is 0 Å². The minimum absolute atomic E-state index is 0.310. The lowest BCUT2D eigenvalue weighted by molar-refractivity contribution is -0.114. The van der Waals surface area contributed by atoms with Crippen molar-refractivity contribution in [2.45, 2.75) is 0 Å². The summed E-state index contributed by atoms with van der Waals surface area (Å²) >= 11 is 5.80. The number of ketones is 1. The number of nitrogens with zero attached hydrogens (tertiary/aromatic N) is 1. The minimum Gasteiger partial charge on any atom is -0.329 e. The van der Waals surface area contributed by atoms with Gasteiger partial charge in [-0.1, -0.05) is 11.6 Å². The molecule has 0 saturated heterocycles. The number of carbonyl (C=O) groups is 2. The summed E-state index contributed by atoms with van der Waals surface area (Å²) in [5.74, 6) is -1.02. The first kappa shape index (κ1) is 10.1. The van der Waals surface area contributed by atoms with Crippen molar-refractivity contribution in [3.05, 3.63) is 28.8 Å². The summed E-state index contributed by atoms with van der Waals surface area (Å²) in [4.78, 5) is 24.4. The summed E-state index contributed by atoms with van der Waals surface area (Å²) in [6.07, 6.45) is 0. The van der Waals surface area contributed by atoms with Crippen molar-refractivity contribution in [3.8, 4) is 0 Å². The molecule has 0 bridgehead atoms. The molecular formula is C10H9ClN2O2. The van der Waals surface area contributed by atoms with Crippen LogP contribution in [0.3, 0.4) is 0 Å². The maximum atomic E-state index is 11.5. The first-order chi connectivity index (χ1) is 7.15. The van der Waals surface area contributed by atoms with Gasteiger partial charge in [0, 0.05) is 18.1 Å². The van der Waals surface area contributed by atoms with Crippen LogP contribution in [0.25, 0.3) is 0 Å². The van der Waals surface area contributed by atoms with E-state index < -0.39 is 11.7 Å². The van der Waals surface area contributed by atoms with E-state index in [0.717, 1.165) is 0 Å². The van der Waals surface area contributed by atoms with Gasteiger partial charge >= 0.3 is 0 Å². The van der Waals surface area contributed by atoms with Crippen LogP contribution in [-0.2, 0) is 4.79 Å². The molecule has 0 unspecified atom stereocenters. The lowest BCUT2D eigenvalue weighted by Crippen LogP contribution is -2.34. The average molecular weight is 225 g/mol. The lowest BCUT2D eigenvalue weighted by Gasteiger charge is -2.14. The summed E-state index contributed by atoms with van der Waals surface area (Å²) in [5.41, 5.74) is 6.33. The van der Waals surface area contributed by atoms with E-state index >= 15 is 0 Å². The number of hydrogen-bond acceptors (Lipinski definition) is 3. The van der Waals surface area contributed by atoms with Gasteiger partial charge in [-0.25, -0.2) is 0 Å². The molecule has 0 atom stereocenters. The van der Waals surface area contributed by atoms with Crippen molar-refractivity contribution < 1.29 is 9.59 Å². The standard InChI is InChI=1S/C10H9ClN2O2/c11-6-1-2-7-8(5-6)13(4-3-12)10(15)9(7)14/h1-2,5H,3-4,12H2. The number of halogens is 1. The first-order valence-corrected chi connectivity index (χ1v) is 4.88. The molecule has 2 rings (SSSR count). The largest absolute Gasteiger partial charge is 0.329 e. The zero-order valence-electron chi connectivity index (χ0n) is 7.87. The molecule has 0 aliphatic carbocycles. The molecule has 0 spiro atoms. The van der Waals surface area contributed by atoms with E-state index in [9.17, 15) is 9.59 Å². The Balaban J connectivity index is 2.51. The van der Waals surface area contributed by atoms with Gasteiger partial charge in [0.25, 0.3) is 11.7 Å². The Morgan fingerprint density at radius 3 is 2.73 bits per heavy atom. The molecule has 0 fully saturated rings. The third-order valence-corrected chi connectivity index (χ3v) is 2.52. The third-order valence-electron chi connectivity index (χ3n) is 2.29. The fourth-order valence-electron chi connectivity index (χ4n) is 1.62. The van der Waals surface area contributed by atoms with Crippen molar-refractivity contribution in [2.24, 2.45) is 5.73 Å². The van der Waals surface area contributed by atoms with E-state index in [1.54, 1.807) is 18.2 Å². The number of carbonyl (C=O) groups excluding carboxylic acids is 2. The van der Waals surface area contributed by atoms with Crippen molar-refractivity contribution in [2.75, 3.05) is 18.0 Å². The molecule has 0 aromatic heterocycles. The van der Waals surface area contributed by atoms with Crippen molar-refractivity contribution >= 4 is 29.0 Å². The molecule has 1 amide bonds. The highest BCUT2D eigenvalue weighted by Gasteiger charge is 2.35. The number of rotatable bonds is 2. The highest BCUT2D eigenvalue weighted by Crippen LogP contribution is 2.30. The van der Waals surface area contributed by atoms with E-state index in [-0.39, 0.29) is 0 Å². The van der Waals surface area contributed by atoms with Crippen molar-refractivity contribution in [1.82, 2.24) is 0 Å². The zero-order chi connectivity index (χ0) is 11.0. The van der Waals surface area contributed by atoms with Gasteiger partial charge in [0.15, 0.2) is 0 Å². The Morgan fingerprint density at radius 1 is 1.33 bits per heavy atom. The topological polar surface area (TPSA) is 63.4 Å². The molecular weight excluding hydrogens is 216 g/mol. The van der Waals surface area contributed by atoms with Gasteiger partial charge in [0.2, 0.25) is 0 Å². The predicted octanol–water partition coefficient (Wildman–Crippen LogP) is 0.828. The number of nitrogens with two attached hydrogens (primary N) is 1. The van der Waals surface area contributed by atoms with Crippen LogP contribution in [-0.4, -0.2) is 24.8 Å². The Hall–Kier alpha value is -1.39. The summed E-state index contributed by atoms with van der Waals surface area (Å²) in [6, 6.07) is 4.77. The van der Waals surface area contributed by atoms with Crippen molar-refractivity contribution in [1.29, 1.82) is 0 Å². The summed E-state index contributed by atoms with van der Waals surface area (Å²) < 4.78 is 0. The van der Waals surface area contributed by atoms with Gasteiger partial charge in [0.05, 0.1) is 11.3 Å². The van der Waals surface area contributed by atoms with E-state index in [2.05, 4.69) is 0 Å². The fourth-order valence-corrected chi connectivity index (χ4v) is 1.78. The molecule has 0 saturated carbocycles. The van der Waals surface area contributed by atoms with Gasteiger partial charge in [-0.15, -0.1) is 0 Å². The smallest absolute Gasteiger partial charge is 0.299 e. The van der Waals surface area contributed by atoms with Gasteiger partial charge in [-0.3, -0.25) is 9.59 Å². The van der Waals surface area contributed by atoms with Crippen molar-refractivity contribution in [3.63, 3.8) is 0 Å². The van der Waals surface area contributed by atoms with E-state index in [1.165, 1.54) is 4.90 Å². The van der Waals surface area contributed by atoms with Crippen LogP contribution in [0.1, 0.15) is 10.4 Å². The highest BCUT2D eigenvalue weighted by molar-refractivity contribution is 6.52. The molecule has 4 nitrogen and oxygen atoms in total. The zero-order valence-corrected chi connectivity index (χ0v) is 8.62. The number of Topliss-reactive ketones (excluding diaryl/α,β-unsaturated/α-hetero) is 1.